The van der Waals surface area contributed by atoms with Crippen LogP contribution in [0.15, 0.2) is 4.99 Å². The smallest absolute Gasteiger partial charge is 0.432 e. The first-order chi connectivity index (χ1) is 6.47. The number of carboxylic acids is 1. The summed E-state index contributed by atoms with van der Waals surface area (Å²) in [5.74, 6) is -3.27. The van der Waals surface area contributed by atoms with E-state index in [0.29, 0.717) is 0 Å². The van der Waals surface area contributed by atoms with Crippen molar-refractivity contribution in [2.75, 3.05) is 7.11 Å². The van der Waals surface area contributed by atoms with E-state index in [4.69, 9.17) is 10.8 Å². The molecule has 7 nitrogen and oxygen atoms in total. The minimum absolute atomic E-state index is 0.407. The van der Waals surface area contributed by atoms with E-state index in [2.05, 4.69) is 9.73 Å². The van der Waals surface area contributed by atoms with Gasteiger partial charge in [-0.2, -0.15) is 4.99 Å². The van der Waals surface area contributed by atoms with Gasteiger partial charge in [0.25, 0.3) is 0 Å². The van der Waals surface area contributed by atoms with Crippen molar-refractivity contribution in [3.05, 3.63) is 0 Å². The number of carbonyl (C=O) groups excluding carboxylic acids is 2. The van der Waals surface area contributed by atoms with Crippen molar-refractivity contribution in [3.8, 4) is 0 Å². The predicted molar refractivity (Wildman–Crippen MR) is 45.8 cm³/mol. The van der Waals surface area contributed by atoms with Crippen LogP contribution in [0.2, 0.25) is 0 Å². The maximum Gasteiger partial charge on any atom is 0.432 e. The van der Waals surface area contributed by atoms with Crippen LogP contribution in [-0.2, 0) is 14.3 Å². The number of aliphatic carboxylic acids is 1. The summed E-state index contributed by atoms with van der Waals surface area (Å²) in [5, 5.41) is 8.56. The molecule has 1 atom stereocenters. The van der Waals surface area contributed by atoms with Crippen LogP contribution in [0.3, 0.4) is 0 Å². The number of hydrogen-bond donors (Lipinski definition) is 2. The second-order valence-electron chi connectivity index (χ2n) is 2.36. The molecule has 0 saturated carbocycles. The molecule has 0 aromatic carbocycles. The number of nitrogens with zero attached hydrogens (tertiary/aromatic N) is 1. The molecule has 0 rings (SSSR count). The average molecular weight is 202 g/mol. The zero-order valence-corrected chi connectivity index (χ0v) is 7.47. The quantitative estimate of drug-likeness (QED) is 0.590. The lowest BCUT2D eigenvalue weighted by Gasteiger charge is -2.02. The summed E-state index contributed by atoms with van der Waals surface area (Å²) in [7, 11) is 1.10. The Morgan fingerprint density at radius 1 is 1.57 bits per heavy atom. The summed E-state index contributed by atoms with van der Waals surface area (Å²) in [6, 6.07) is 0. The molecule has 0 aliphatic rings. The van der Waals surface area contributed by atoms with E-state index in [0.717, 1.165) is 13.3 Å². The molecule has 0 aliphatic heterocycles. The van der Waals surface area contributed by atoms with Gasteiger partial charge in [0.05, 0.1) is 7.11 Å². The van der Waals surface area contributed by atoms with Gasteiger partial charge < -0.3 is 15.6 Å². The summed E-state index contributed by atoms with van der Waals surface area (Å²) in [6.45, 7) is 0. The number of methoxy groups -OCH3 is 1. The van der Waals surface area contributed by atoms with Crippen LogP contribution in [0, 0.1) is 5.92 Å². The normalized spacial score (nSPS) is 12.4. The third-order valence-electron chi connectivity index (χ3n) is 1.27. The molecule has 0 aliphatic carbocycles. The largest absolute Gasteiger partial charge is 0.481 e. The Morgan fingerprint density at radius 3 is 2.50 bits per heavy atom. The van der Waals surface area contributed by atoms with E-state index in [1.807, 2.05) is 0 Å². The maximum atomic E-state index is 10.5. The highest BCUT2D eigenvalue weighted by molar-refractivity contribution is 5.96. The Labute approximate surface area is 79.6 Å². The number of amides is 2. The number of carboxylic acid groups (broad SMARTS) is 1. The summed E-state index contributed by atoms with van der Waals surface area (Å²) >= 11 is 0. The molecule has 1 unspecified atom stereocenters. The Morgan fingerprint density at radius 2 is 2.14 bits per heavy atom. The molecule has 0 spiro atoms. The summed E-state index contributed by atoms with van der Waals surface area (Å²) < 4.78 is 4.14. The first-order valence-electron chi connectivity index (χ1n) is 3.60. The number of rotatable bonds is 4. The molecule has 78 valence electrons. The highest BCUT2D eigenvalue weighted by Gasteiger charge is 2.17. The fourth-order valence-electron chi connectivity index (χ4n) is 0.624. The van der Waals surface area contributed by atoms with Crippen LogP contribution >= 0.6 is 0 Å². The molecular formula is C7H10N2O5. The van der Waals surface area contributed by atoms with Gasteiger partial charge >= 0.3 is 12.1 Å². The van der Waals surface area contributed by atoms with Crippen LogP contribution in [0.1, 0.15) is 6.42 Å². The molecule has 0 radical (unpaired) electrons. The third-order valence-corrected chi connectivity index (χ3v) is 1.27. The molecule has 0 bridgehead atoms. The second-order valence-corrected chi connectivity index (χ2v) is 2.36. The number of ether oxygens (including phenoxy) is 1. The monoisotopic (exact) mass is 202 g/mol. The molecule has 0 heterocycles. The summed E-state index contributed by atoms with van der Waals surface area (Å²) in [6.07, 6.45) is -0.518. The molecule has 14 heavy (non-hydrogen) atoms. The van der Waals surface area contributed by atoms with E-state index >= 15 is 0 Å². The lowest BCUT2D eigenvalue weighted by Crippen LogP contribution is -2.23. The fourth-order valence-corrected chi connectivity index (χ4v) is 0.624. The number of primary amides is 1. The van der Waals surface area contributed by atoms with Gasteiger partial charge in [0, 0.05) is 12.6 Å². The summed E-state index contributed by atoms with van der Waals surface area (Å²) in [4.78, 5) is 34.5. The van der Waals surface area contributed by atoms with Crippen LogP contribution in [0.5, 0.6) is 0 Å². The van der Waals surface area contributed by atoms with E-state index < -0.39 is 30.3 Å². The van der Waals surface area contributed by atoms with Gasteiger partial charge in [-0.15, -0.1) is 0 Å². The first-order valence-corrected chi connectivity index (χ1v) is 3.60. The van der Waals surface area contributed by atoms with Gasteiger partial charge in [-0.3, -0.25) is 9.59 Å². The number of aliphatic imine (C=N–C) groups is 1. The molecule has 0 fully saturated rings. The Balaban J connectivity index is 4.37. The van der Waals surface area contributed by atoms with Crippen molar-refractivity contribution in [3.63, 3.8) is 0 Å². The molecular weight excluding hydrogens is 192 g/mol. The van der Waals surface area contributed by atoms with Gasteiger partial charge in [-0.25, -0.2) is 4.79 Å². The first kappa shape index (κ1) is 12.1. The van der Waals surface area contributed by atoms with Crippen molar-refractivity contribution in [1.82, 2.24) is 0 Å². The average Bonchev–Trinajstić information content (AvgIpc) is 2.10. The number of nitrogens with two attached hydrogens (primary N) is 1. The van der Waals surface area contributed by atoms with Crippen LogP contribution in [0.4, 0.5) is 4.79 Å². The van der Waals surface area contributed by atoms with Gasteiger partial charge in [-0.1, -0.05) is 0 Å². The van der Waals surface area contributed by atoms with E-state index in [1.165, 1.54) is 0 Å². The Kier molecular flexibility index (Phi) is 4.90. The van der Waals surface area contributed by atoms with Crippen LogP contribution in [-0.4, -0.2) is 36.4 Å². The highest BCUT2D eigenvalue weighted by Crippen LogP contribution is 1.99. The van der Waals surface area contributed by atoms with Crippen molar-refractivity contribution >= 4 is 24.2 Å². The Hall–Kier alpha value is -1.92. The molecule has 0 saturated heterocycles. The maximum absolute atomic E-state index is 10.5. The SMILES string of the molecule is COC(=O)/N=C/C(CC(N)=O)C(=O)O. The molecule has 7 heteroatoms. The topological polar surface area (TPSA) is 119 Å². The predicted octanol–water partition coefficient (Wildman–Crippen LogP) is -0.600. The minimum atomic E-state index is -1.28. The lowest BCUT2D eigenvalue weighted by atomic mass is 10.1. The van der Waals surface area contributed by atoms with E-state index in [-0.39, 0.29) is 0 Å². The highest BCUT2D eigenvalue weighted by atomic mass is 16.5. The molecule has 3 N–H and O–H groups in total. The zero-order valence-electron chi connectivity index (χ0n) is 7.47. The van der Waals surface area contributed by atoms with Crippen LogP contribution in [0.25, 0.3) is 0 Å². The third kappa shape index (κ3) is 4.86. The lowest BCUT2D eigenvalue weighted by molar-refractivity contribution is -0.140. The van der Waals surface area contributed by atoms with Crippen molar-refractivity contribution in [2.24, 2.45) is 16.6 Å². The summed E-state index contributed by atoms with van der Waals surface area (Å²) in [5.41, 5.74) is 4.79. The standard InChI is InChI=1S/C7H10N2O5/c1-14-7(13)9-3-4(6(11)12)2-5(8)10/h3-4H,2H2,1H3,(H2,8,10)(H,11,12)/b9-3+. The number of hydrogen-bond acceptors (Lipinski definition) is 4. The second kappa shape index (κ2) is 5.68. The van der Waals surface area contributed by atoms with E-state index in [1.54, 1.807) is 0 Å². The van der Waals surface area contributed by atoms with Gasteiger partial charge in [0.1, 0.15) is 5.92 Å². The van der Waals surface area contributed by atoms with Gasteiger partial charge in [0.15, 0.2) is 0 Å². The van der Waals surface area contributed by atoms with Crippen molar-refractivity contribution < 1.29 is 24.2 Å². The molecule has 0 aromatic heterocycles. The Bertz CT molecular complexity index is 273. The van der Waals surface area contributed by atoms with Crippen LogP contribution < -0.4 is 5.73 Å². The van der Waals surface area contributed by atoms with Crippen molar-refractivity contribution in [1.29, 1.82) is 0 Å². The minimum Gasteiger partial charge on any atom is -0.481 e. The zero-order chi connectivity index (χ0) is 11.1. The van der Waals surface area contributed by atoms with Crippen molar-refractivity contribution in [2.45, 2.75) is 6.42 Å². The number of carbonyl (C=O) groups is 3. The van der Waals surface area contributed by atoms with E-state index in [9.17, 15) is 14.4 Å². The van der Waals surface area contributed by atoms with Gasteiger partial charge in [0.2, 0.25) is 5.91 Å². The fraction of sp³-hybridized carbons (Fsp3) is 0.429. The molecule has 0 aromatic rings. The van der Waals surface area contributed by atoms with Gasteiger partial charge in [-0.05, 0) is 0 Å². The molecule has 2 amide bonds.